The topological polar surface area (TPSA) is 70.6 Å². The maximum absolute atomic E-state index is 11.4. The van der Waals surface area contributed by atoms with Gasteiger partial charge in [-0.25, -0.2) is 0 Å². The number of carbonyl (C=O) groups is 1. The summed E-state index contributed by atoms with van der Waals surface area (Å²) in [5, 5.41) is 15.5. The Kier molecular flexibility index (Phi) is 8.97. The Morgan fingerprint density at radius 1 is 1.39 bits per heavy atom. The molecule has 1 amide bonds. The SMILES string of the molecule is COCCCNC(=O)CNCC(O)CC(C)(C)C. The zero-order valence-electron chi connectivity index (χ0n) is 12.1. The Bertz CT molecular complexity index is 227. The molecule has 0 fully saturated rings. The molecule has 0 saturated heterocycles. The van der Waals surface area contributed by atoms with Crippen LogP contribution in [0.5, 0.6) is 0 Å². The molecule has 5 nitrogen and oxygen atoms in total. The smallest absolute Gasteiger partial charge is 0.233 e. The maximum atomic E-state index is 11.4. The molecule has 1 unspecified atom stereocenters. The number of ether oxygens (including phenoxy) is 1. The predicted molar refractivity (Wildman–Crippen MR) is 72.5 cm³/mol. The number of hydrogen-bond donors (Lipinski definition) is 3. The number of carbonyl (C=O) groups excluding carboxylic acids is 1. The van der Waals surface area contributed by atoms with Crippen LogP contribution in [0.15, 0.2) is 0 Å². The van der Waals surface area contributed by atoms with E-state index in [0.717, 1.165) is 12.8 Å². The van der Waals surface area contributed by atoms with E-state index in [9.17, 15) is 9.90 Å². The number of amides is 1. The molecular weight excluding hydrogens is 232 g/mol. The average Bonchev–Trinajstić information content (AvgIpc) is 2.22. The summed E-state index contributed by atoms with van der Waals surface area (Å²) in [5.41, 5.74) is 0.101. The lowest BCUT2D eigenvalue weighted by Gasteiger charge is -2.22. The quantitative estimate of drug-likeness (QED) is 0.529. The minimum atomic E-state index is -0.411. The Morgan fingerprint density at radius 2 is 2.06 bits per heavy atom. The molecule has 0 aromatic carbocycles. The second-order valence-corrected chi connectivity index (χ2v) is 5.75. The van der Waals surface area contributed by atoms with Crippen LogP contribution in [0, 0.1) is 5.41 Å². The fourth-order valence-electron chi connectivity index (χ4n) is 1.64. The van der Waals surface area contributed by atoms with E-state index in [1.807, 2.05) is 0 Å². The van der Waals surface area contributed by atoms with Crippen molar-refractivity contribution in [2.75, 3.05) is 33.4 Å². The summed E-state index contributed by atoms with van der Waals surface area (Å²) in [7, 11) is 1.64. The van der Waals surface area contributed by atoms with Crippen molar-refractivity contribution in [3.63, 3.8) is 0 Å². The first-order chi connectivity index (χ1) is 8.35. The van der Waals surface area contributed by atoms with Crippen LogP contribution in [-0.2, 0) is 9.53 Å². The van der Waals surface area contributed by atoms with E-state index >= 15 is 0 Å². The van der Waals surface area contributed by atoms with Crippen LogP contribution in [-0.4, -0.2) is 50.5 Å². The van der Waals surface area contributed by atoms with E-state index in [4.69, 9.17) is 4.74 Å². The largest absolute Gasteiger partial charge is 0.392 e. The highest BCUT2D eigenvalue weighted by molar-refractivity contribution is 5.77. The molecule has 0 rings (SSSR count). The van der Waals surface area contributed by atoms with Crippen molar-refractivity contribution in [3.05, 3.63) is 0 Å². The van der Waals surface area contributed by atoms with Gasteiger partial charge < -0.3 is 20.5 Å². The molecule has 0 spiro atoms. The van der Waals surface area contributed by atoms with Gasteiger partial charge in [0.15, 0.2) is 0 Å². The summed E-state index contributed by atoms with van der Waals surface area (Å²) in [6.45, 7) is 8.21. The van der Waals surface area contributed by atoms with Gasteiger partial charge in [-0.3, -0.25) is 4.79 Å². The van der Waals surface area contributed by atoms with Gasteiger partial charge in [-0.1, -0.05) is 20.8 Å². The summed E-state index contributed by atoms with van der Waals surface area (Å²) in [5.74, 6) is -0.0472. The number of hydrogen-bond acceptors (Lipinski definition) is 4. The maximum Gasteiger partial charge on any atom is 0.233 e. The highest BCUT2D eigenvalue weighted by atomic mass is 16.5. The van der Waals surface area contributed by atoms with Crippen LogP contribution < -0.4 is 10.6 Å². The fourth-order valence-corrected chi connectivity index (χ4v) is 1.64. The number of rotatable bonds is 9. The van der Waals surface area contributed by atoms with Crippen molar-refractivity contribution in [2.24, 2.45) is 5.41 Å². The molecule has 0 aliphatic heterocycles. The third kappa shape index (κ3) is 11.8. The zero-order chi connectivity index (χ0) is 14.0. The van der Waals surface area contributed by atoms with E-state index < -0.39 is 6.10 Å². The molecule has 0 aromatic heterocycles. The molecule has 18 heavy (non-hydrogen) atoms. The second kappa shape index (κ2) is 9.30. The first kappa shape index (κ1) is 17.4. The lowest BCUT2D eigenvalue weighted by Crippen LogP contribution is -2.38. The van der Waals surface area contributed by atoms with E-state index in [-0.39, 0.29) is 17.9 Å². The Labute approximate surface area is 110 Å². The lowest BCUT2D eigenvalue weighted by molar-refractivity contribution is -0.120. The van der Waals surface area contributed by atoms with Crippen LogP contribution in [0.25, 0.3) is 0 Å². The molecule has 0 aromatic rings. The molecule has 0 aliphatic carbocycles. The molecule has 0 heterocycles. The summed E-state index contributed by atoms with van der Waals surface area (Å²) < 4.78 is 4.88. The van der Waals surface area contributed by atoms with Gasteiger partial charge in [0.05, 0.1) is 12.6 Å². The van der Waals surface area contributed by atoms with Crippen LogP contribution in [0.4, 0.5) is 0 Å². The van der Waals surface area contributed by atoms with E-state index in [0.29, 0.717) is 19.7 Å². The van der Waals surface area contributed by atoms with E-state index in [1.54, 1.807) is 7.11 Å². The molecule has 5 heteroatoms. The van der Waals surface area contributed by atoms with Gasteiger partial charge in [-0.15, -0.1) is 0 Å². The van der Waals surface area contributed by atoms with Gasteiger partial charge in [0, 0.05) is 26.8 Å². The highest BCUT2D eigenvalue weighted by Gasteiger charge is 2.16. The third-order valence-electron chi connectivity index (χ3n) is 2.36. The van der Waals surface area contributed by atoms with Crippen LogP contribution >= 0.6 is 0 Å². The summed E-state index contributed by atoms with van der Waals surface area (Å²) >= 11 is 0. The molecule has 1 atom stereocenters. The predicted octanol–water partition coefficient (Wildman–Crippen LogP) is 0.526. The standard InChI is InChI=1S/C13H28N2O3/c1-13(2,3)8-11(16)9-14-10-12(17)15-6-5-7-18-4/h11,14,16H,5-10H2,1-4H3,(H,15,17). The van der Waals surface area contributed by atoms with Gasteiger partial charge in [0.1, 0.15) is 0 Å². The van der Waals surface area contributed by atoms with Gasteiger partial charge >= 0.3 is 0 Å². The zero-order valence-corrected chi connectivity index (χ0v) is 12.1. The molecule has 0 bridgehead atoms. The first-order valence-electron chi connectivity index (χ1n) is 6.49. The van der Waals surface area contributed by atoms with Crippen molar-refractivity contribution in [2.45, 2.75) is 39.7 Å². The van der Waals surface area contributed by atoms with Crippen molar-refractivity contribution >= 4 is 5.91 Å². The van der Waals surface area contributed by atoms with E-state index in [2.05, 4.69) is 31.4 Å². The number of nitrogens with one attached hydrogen (secondary N) is 2. The van der Waals surface area contributed by atoms with E-state index in [1.165, 1.54) is 0 Å². The highest BCUT2D eigenvalue weighted by Crippen LogP contribution is 2.20. The second-order valence-electron chi connectivity index (χ2n) is 5.75. The summed E-state index contributed by atoms with van der Waals surface area (Å²) in [4.78, 5) is 11.4. The fraction of sp³-hybridized carbons (Fsp3) is 0.923. The molecular formula is C13H28N2O3. The van der Waals surface area contributed by atoms with Gasteiger partial charge in [0.25, 0.3) is 0 Å². The Hall–Kier alpha value is -0.650. The van der Waals surface area contributed by atoms with Crippen LogP contribution in [0.2, 0.25) is 0 Å². The average molecular weight is 260 g/mol. The molecule has 0 saturated carbocycles. The first-order valence-corrected chi connectivity index (χ1v) is 6.49. The number of aliphatic hydroxyl groups excluding tert-OH is 1. The van der Waals surface area contributed by atoms with Crippen molar-refractivity contribution in [3.8, 4) is 0 Å². The van der Waals surface area contributed by atoms with Crippen molar-refractivity contribution in [1.82, 2.24) is 10.6 Å². The third-order valence-corrected chi connectivity index (χ3v) is 2.36. The number of aliphatic hydroxyl groups is 1. The Balaban J connectivity index is 3.50. The molecule has 0 aliphatic rings. The molecule has 0 radical (unpaired) electrons. The van der Waals surface area contributed by atoms with Gasteiger partial charge in [-0.05, 0) is 18.3 Å². The Morgan fingerprint density at radius 3 is 2.61 bits per heavy atom. The summed E-state index contributed by atoms with van der Waals surface area (Å²) in [6.07, 6.45) is 1.12. The van der Waals surface area contributed by atoms with Crippen LogP contribution in [0.3, 0.4) is 0 Å². The number of methoxy groups -OCH3 is 1. The monoisotopic (exact) mass is 260 g/mol. The van der Waals surface area contributed by atoms with Crippen molar-refractivity contribution < 1.29 is 14.6 Å². The van der Waals surface area contributed by atoms with Gasteiger partial charge in [-0.2, -0.15) is 0 Å². The minimum absolute atomic E-state index is 0.0472. The van der Waals surface area contributed by atoms with Crippen molar-refractivity contribution in [1.29, 1.82) is 0 Å². The lowest BCUT2D eigenvalue weighted by atomic mass is 9.89. The summed E-state index contributed by atoms with van der Waals surface area (Å²) in [6, 6.07) is 0. The molecule has 108 valence electrons. The van der Waals surface area contributed by atoms with Gasteiger partial charge in [0.2, 0.25) is 5.91 Å². The normalized spacial score (nSPS) is 13.4. The van der Waals surface area contributed by atoms with Crippen LogP contribution in [0.1, 0.15) is 33.6 Å². The minimum Gasteiger partial charge on any atom is -0.392 e. The molecule has 3 N–H and O–H groups in total.